The molecule has 116 valence electrons. The van der Waals surface area contributed by atoms with Gasteiger partial charge in [-0.15, -0.1) is 0 Å². The number of hydrogen-bond acceptors (Lipinski definition) is 3. The van der Waals surface area contributed by atoms with Crippen molar-refractivity contribution < 1.29 is 4.79 Å². The highest BCUT2D eigenvalue weighted by Crippen LogP contribution is 2.31. The molecule has 0 bridgehead atoms. The van der Waals surface area contributed by atoms with Crippen LogP contribution in [-0.2, 0) is 4.79 Å². The lowest BCUT2D eigenvalue weighted by molar-refractivity contribution is -0.130. The molecule has 0 saturated carbocycles. The maximum Gasteiger partial charge on any atom is 0.245 e. The van der Waals surface area contributed by atoms with Crippen molar-refractivity contribution in [3.8, 4) is 0 Å². The maximum atomic E-state index is 12.9. The molecule has 1 aromatic carbocycles. The highest BCUT2D eigenvalue weighted by atomic mass is 32.2. The fourth-order valence-electron chi connectivity index (χ4n) is 2.72. The molecule has 4 heteroatoms. The predicted octanol–water partition coefficient (Wildman–Crippen LogP) is 3.28. The van der Waals surface area contributed by atoms with Crippen LogP contribution in [0.15, 0.2) is 30.3 Å². The Balaban J connectivity index is 2.25. The molecule has 0 aromatic heterocycles. The number of carbonyl (C=O) groups is 1. The summed E-state index contributed by atoms with van der Waals surface area (Å²) in [5.74, 6) is 0.586. The number of benzene rings is 1. The summed E-state index contributed by atoms with van der Waals surface area (Å²) in [6.07, 6.45) is 2.21. The third kappa shape index (κ3) is 3.61. The van der Waals surface area contributed by atoms with E-state index in [9.17, 15) is 4.79 Å². The van der Waals surface area contributed by atoms with Crippen LogP contribution in [-0.4, -0.2) is 34.5 Å². The first-order chi connectivity index (χ1) is 9.85. The monoisotopic (exact) mass is 306 g/mol. The van der Waals surface area contributed by atoms with E-state index in [2.05, 4.69) is 39.3 Å². The molecular formula is C17H26N2OS. The zero-order valence-electron chi connectivity index (χ0n) is 13.6. The van der Waals surface area contributed by atoms with Gasteiger partial charge in [0.1, 0.15) is 6.04 Å². The molecule has 0 spiro atoms. The van der Waals surface area contributed by atoms with E-state index in [-0.39, 0.29) is 22.9 Å². The number of nitrogens with zero attached hydrogens (tertiary/aromatic N) is 1. The van der Waals surface area contributed by atoms with Crippen molar-refractivity contribution in [2.24, 2.45) is 5.92 Å². The summed E-state index contributed by atoms with van der Waals surface area (Å²) in [7, 11) is 0. The van der Waals surface area contributed by atoms with Gasteiger partial charge in [-0.3, -0.25) is 10.1 Å². The van der Waals surface area contributed by atoms with Crippen LogP contribution in [0.1, 0.15) is 39.3 Å². The molecule has 3 nitrogen and oxygen atoms in total. The van der Waals surface area contributed by atoms with Crippen LogP contribution >= 0.6 is 11.8 Å². The van der Waals surface area contributed by atoms with Crippen LogP contribution in [0, 0.1) is 5.92 Å². The zero-order valence-corrected chi connectivity index (χ0v) is 14.4. The van der Waals surface area contributed by atoms with Gasteiger partial charge in [-0.25, -0.2) is 0 Å². The van der Waals surface area contributed by atoms with E-state index >= 15 is 0 Å². The third-order valence-electron chi connectivity index (χ3n) is 4.07. The second kappa shape index (κ2) is 6.41. The van der Waals surface area contributed by atoms with E-state index < -0.39 is 0 Å². The van der Waals surface area contributed by atoms with E-state index in [0.717, 1.165) is 12.1 Å². The maximum absolute atomic E-state index is 12.9. The molecule has 1 saturated heterocycles. The minimum absolute atomic E-state index is 0.0655. The van der Waals surface area contributed by atoms with Gasteiger partial charge in [0, 0.05) is 11.3 Å². The second-order valence-electron chi connectivity index (χ2n) is 6.63. The van der Waals surface area contributed by atoms with Gasteiger partial charge in [0.05, 0.1) is 6.17 Å². The van der Waals surface area contributed by atoms with Gasteiger partial charge >= 0.3 is 0 Å². The minimum atomic E-state index is -0.212. The Morgan fingerprint density at radius 1 is 1.29 bits per heavy atom. The van der Waals surface area contributed by atoms with Gasteiger partial charge in [-0.2, -0.15) is 11.8 Å². The fraction of sp³-hybridized carbons (Fsp3) is 0.588. The molecule has 21 heavy (non-hydrogen) atoms. The molecule has 1 aliphatic heterocycles. The lowest BCUT2D eigenvalue weighted by atomic mass is 10.1. The summed E-state index contributed by atoms with van der Waals surface area (Å²) >= 11 is 1.81. The van der Waals surface area contributed by atoms with Crippen molar-refractivity contribution in [2.75, 3.05) is 12.8 Å². The molecule has 1 fully saturated rings. The molecule has 2 atom stereocenters. The van der Waals surface area contributed by atoms with E-state index in [4.69, 9.17) is 0 Å². The smallest absolute Gasteiger partial charge is 0.245 e. The first kappa shape index (κ1) is 16.4. The first-order valence-corrected chi connectivity index (χ1v) is 8.75. The minimum Gasteiger partial charge on any atom is -0.324 e. The van der Waals surface area contributed by atoms with Crippen molar-refractivity contribution >= 4 is 17.7 Å². The summed E-state index contributed by atoms with van der Waals surface area (Å²) < 4.78 is 0.0655. The Morgan fingerprint density at radius 2 is 1.90 bits per heavy atom. The van der Waals surface area contributed by atoms with Gasteiger partial charge in [0.25, 0.3) is 0 Å². The number of amides is 1. The largest absolute Gasteiger partial charge is 0.324 e. The Bertz CT molecular complexity index is 487. The summed E-state index contributed by atoms with van der Waals surface area (Å²) in [6.45, 7) is 9.48. The molecule has 2 rings (SSSR count). The lowest BCUT2D eigenvalue weighted by Gasteiger charge is -2.34. The van der Waals surface area contributed by atoms with Crippen LogP contribution in [0.25, 0.3) is 0 Å². The van der Waals surface area contributed by atoms with Gasteiger partial charge in [0.2, 0.25) is 5.91 Å². The van der Waals surface area contributed by atoms with E-state index in [0.29, 0.717) is 5.92 Å². The van der Waals surface area contributed by atoms with Crippen LogP contribution in [0.5, 0.6) is 0 Å². The molecular weight excluding hydrogens is 280 g/mol. The topological polar surface area (TPSA) is 32.3 Å². The van der Waals surface area contributed by atoms with Crippen LogP contribution in [0.2, 0.25) is 0 Å². The zero-order chi connectivity index (χ0) is 15.6. The summed E-state index contributed by atoms with van der Waals surface area (Å²) in [6, 6.07) is 9.80. The van der Waals surface area contributed by atoms with Gasteiger partial charge in [-0.1, -0.05) is 44.2 Å². The quantitative estimate of drug-likeness (QED) is 0.906. The Labute approximate surface area is 132 Å². The molecule has 0 aliphatic carbocycles. The van der Waals surface area contributed by atoms with Crippen molar-refractivity contribution in [3.05, 3.63) is 35.9 Å². The molecule has 1 heterocycles. The highest BCUT2D eigenvalue weighted by Gasteiger charge is 2.42. The standard InChI is InChI=1S/C17H26N2OS/c1-12(2)15-18-14(13-9-7-6-8-10-13)16(20)19(15)11-17(3,4)21-5/h6-10,12,14-15,18H,11H2,1-5H3. The molecule has 1 aromatic rings. The lowest BCUT2D eigenvalue weighted by Crippen LogP contribution is -2.46. The van der Waals surface area contributed by atoms with Crippen molar-refractivity contribution in [1.82, 2.24) is 10.2 Å². The predicted molar refractivity (Wildman–Crippen MR) is 90.3 cm³/mol. The Morgan fingerprint density at radius 3 is 2.43 bits per heavy atom. The number of carbonyl (C=O) groups excluding carboxylic acids is 1. The normalized spacial score (nSPS) is 23.1. The Hall–Kier alpha value is -1.00. The first-order valence-electron chi connectivity index (χ1n) is 7.52. The number of nitrogens with one attached hydrogen (secondary N) is 1. The SMILES string of the molecule is CSC(C)(C)CN1C(=O)C(c2ccccc2)NC1C(C)C. The van der Waals surface area contributed by atoms with Gasteiger partial charge in [-0.05, 0) is 31.6 Å². The van der Waals surface area contributed by atoms with E-state index in [1.54, 1.807) is 11.8 Å². The number of rotatable bonds is 5. The van der Waals surface area contributed by atoms with Crippen molar-refractivity contribution in [2.45, 2.75) is 44.6 Å². The van der Waals surface area contributed by atoms with Crippen LogP contribution in [0.4, 0.5) is 0 Å². The molecule has 0 radical (unpaired) electrons. The van der Waals surface area contributed by atoms with Crippen LogP contribution < -0.4 is 5.32 Å². The third-order valence-corrected chi connectivity index (χ3v) is 5.31. The van der Waals surface area contributed by atoms with Crippen LogP contribution in [0.3, 0.4) is 0 Å². The average Bonchev–Trinajstić information content (AvgIpc) is 2.77. The van der Waals surface area contributed by atoms with Gasteiger partial charge in [0.15, 0.2) is 0 Å². The van der Waals surface area contributed by atoms with E-state index in [1.807, 2.05) is 35.2 Å². The average molecular weight is 306 g/mol. The fourth-order valence-corrected chi connectivity index (χ4v) is 2.99. The molecule has 1 N–H and O–H groups in total. The van der Waals surface area contributed by atoms with Gasteiger partial charge < -0.3 is 4.90 Å². The Kier molecular flexibility index (Phi) is 4.99. The van der Waals surface area contributed by atoms with Crippen molar-refractivity contribution in [1.29, 1.82) is 0 Å². The summed E-state index contributed by atoms with van der Waals surface area (Å²) in [5.41, 5.74) is 1.05. The molecule has 1 amide bonds. The molecule has 2 unspecified atom stereocenters. The summed E-state index contributed by atoms with van der Waals surface area (Å²) in [4.78, 5) is 14.9. The second-order valence-corrected chi connectivity index (χ2v) is 8.14. The van der Waals surface area contributed by atoms with E-state index in [1.165, 1.54) is 0 Å². The molecule has 1 aliphatic rings. The summed E-state index contributed by atoms with van der Waals surface area (Å²) in [5, 5.41) is 3.52. The number of thioether (sulfide) groups is 1. The highest BCUT2D eigenvalue weighted by molar-refractivity contribution is 7.99. The number of hydrogen-bond donors (Lipinski definition) is 1. The van der Waals surface area contributed by atoms with Crippen molar-refractivity contribution in [3.63, 3.8) is 0 Å².